The Morgan fingerprint density at radius 2 is 1.72 bits per heavy atom. The number of hydrogen-bond acceptors (Lipinski definition) is 3. The van der Waals surface area contributed by atoms with Crippen molar-refractivity contribution in [3.05, 3.63) is 0 Å². The summed E-state index contributed by atoms with van der Waals surface area (Å²) in [6.45, 7) is 1.91. The summed E-state index contributed by atoms with van der Waals surface area (Å²) < 4.78 is 0. The lowest BCUT2D eigenvalue weighted by atomic mass is 9.82. The third-order valence-corrected chi connectivity index (χ3v) is 4.09. The molecule has 1 aliphatic carbocycles. The van der Waals surface area contributed by atoms with Gasteiger partial charge in [0, 0.05) is 12.8 Å². The van der Waals surface area contributed by atoms with Crippen LogP contribution in [0.2, 0.25) is 0 Å². The van der Waals surface area contributed by atoms with Gasteiger partial charge in [-0.15, -0.1) is 0 Å². The highest BCUT2D eigenvalue weighted by molar-refractivity contribution is 5.98. The molecule has 0 aromatic rings. The van der Waals surface area contributed by atoms with Crippen molar-refractivity contribution in [2.45, 2.75) is 57.9 Å². The number of nitrogens with zero attached hydrogens (tertiary/aromatic N) is 2. The Balaban J connectivity index is 2.13. The summed E-state index contributed by atoms with van der Waals surface area (Å²) in [7, 11) is 0. The van der Waals surface area contributed by atoms with Gasteiger partial charge in [-0.1, -0.05) is 26.2 Å². The summed E-state index contributed by atoms with van der Waals surface area (Å²) in [4.78, 5) is 25.3. The van der Waals surface area contributed by atoms with E-state index in [0.29, 0.717) is 12.8 Å². The summed E-state index contributed by atoms with van der Waals surface area (Å²) >= 11 is 0. The third-order valence-electron chi connectivity index (χ3n) is 4.09. The highest BCUT2D eigenvalue weighted by atomic mass is 16.2. The minimum Gasteiger partial charge on any atom is -0.274 e. The molecule has 0 N–H and O–H groups in total. The quantitative estimate of drug-likeness (QED) is 0.704. The lowest BCUT2D eigenvalue weighted by Crippen LogP contribution is -2.51. The van der Waals surface area contributed by atoms with Crippen LogP contribution in [0.1, 0.15) is 51.9 Å². The molecule has 1 heterocycles. The van der Waals surface area contributed by atoms with E-state index in [4.69, 9.17) is 0 Å². The lowest BCUT2D eigenvalue weighted by Gasteiger charge is -2.36. The fraction of sp³-hybridized carbons (Fsp3) is 0.786. The largest absolute Gasteiger partial charge is 0.274 e. The van der Waals surface area contributed by atoms with Crippen LogP contribution in [0.25, 0.3) is 0 Å². The smallest absolute Gasteiger partial charge is 0.230 e. The van der Waals surface area contributed by atoms with Gasteiger partial charge >= 0.3 is 0 Å². The van der Waals surface area contributed by atoms with Crippen molar-refractivity contribution < 1.29 is 9.59 Å². The Morgan fingerprint density at radius 3 is 2.22 bits per heavy atom. The summed E-state index contributed by atoms with van der Waals surface area (Å²) in [6.07, 6.45) is 6.14. The van der Waals surface area contributed by atoms with Crippen LogP contribution in [0.4, 0.5) is 0 Å². The van der Waals surface area contributed by atoms with Crippen molar-refractivity contribution in [2.24, 2.45) is 11.8 Å². The Morgan fingerprint density at radius 1 is 1.17 bits per heavy atom. The van der Waals surface area contributed by atoms with Crippen molar-refractivity contribution in [3.63, 3.8) is 0 Å². The van der Waals surface area contributed by atoms with Crippen LogP contribution in [-0.4, -0.2) is 22.8 Å². The summed E-state index contributed by atoms with van der Waals surface area (Å²) in [6, 6.07) is 1.67. The molecule has 2 rings (SSSR count). The first-order valence-corrected chi connectivity index (χ1v) is 6.88. The van der Waals surface area contributed by atoms with E-state index >= 15 is 0 Å². The van der Waals surface area contributed by atoms with Gasteiger partial charge in [-0.2, -0.15) is 5.26 Å². The molecule has 0 aromatic heterocycles. The van der Waals surface area contributed by atoms with Gasteiger partial charge < -0.3 is 0 Å². The van der Waals surface area contributed by atoms with Gasteiger partial charge in [0.25, 0.3) is 0 Å². The molecule has 1 saturated heterocycles. The van der Waals surface area contributed by atoms with E-state index in [2.05, 4.69) is 6.07 Å². The SMILES string of the molecule is CC1CC(=O)N(C(C#N)C2CCCCC2)C(=O)C1. The van der Waals surface area contributed by atoms with Crippen LogP contribution in [0.15, 0.2) is 0 Å². The molecule has 4 heteroatoms. The van der Waals surface area contributed by atoms with Crippen molar-refractivity contribution in [3.8, 4) is 6.07 Å². The molecule has 0 radical (unpaired) electrons. The maximum atomic E-state index is 12.0. The second-order valence-electron chi connectivity index (χ2n) is 5.64. The van der Waals surface area contributed by atoms with Crippen molar-refractivity contribution in [1.29, 1.82) is 5.26 Å². The topological polar surface area (TPSA) is 61.2 Å². The van der Waals surface area contributed by atoms with E-state index in [1.807, 2.05) is 6.92 Å². The van der Waals surface area contributed by atoms with E-state index in [0.717, 1.165) is 25.7 Å². The number of rotatable bonds is 2. The number of carbonyl (C=O) groups is 2. The van der Waals surface area contributed by atoms with Gasteiger partial charge in [-0.05, 0) is 24.7 Å². The zero-order chi connectivity index (χ0) is 13.1. The molecule has 2 aliphatic rings. The fourth-order valence-electron chi connectivity index (χ4n) is 3.14. The number of carbonyl (C=O) groups excluding carboxylic acids is 2. The molecule has 1 unspecified atom stereocenters. The first-order valence-electron chi connectivity index (χ1n) is 6.88. The monoisotopic (exact) mass is 248 g/mol. The first-order chi connectivity index (χ1) is 8.63. The van der Waals surface area contributed by atoms with Crippen LogP contribution < -0.4 is 0 Å². The minimum atomic E-state index is -0.530. The minimum absolute atomic E-state index is 0.118. The van der Waals surface area contributed by atoms with Crippen molar-refractivity contribution in [2.75, 3.05) is 0 Å². The third kappa shape index (κ3) is 2.55. The average Bonchev–Trinajstić information content (AvgIpc) is 2.34. The highest BCUT2D eigenvalue weighted by Gasteiger charge is 2.39. The number of hydrogen-bond donors (Lipinski definition) is 0. The summed E-state index contributed by atoms with van der Waals surface area (Å²) in [5, 5.41) is 9.34. The van der Waals surface area contributed by atoms with Crippen LogP contribution >= 0.6 is 0 Å². The summed E-state index contributed by atoms with van der Waals surface area (Å²) in [5.74, 6) is -0.0104. The number of amides is 2. The molecule has 1 saturated carbocycles. The van der Waals surface area contributed by atoms with E-state index in [9.17, 15) is 14.9 Å². The molecule has 1 atom stereocenters. The van der Waals surface area contributed by atoms with Crippen molar-refractivity contribution in [1.82, 2.24) is 4.90 Å². The standard InChI is InChI=1S/C14H20N2O2/c1-10-7-13(17)16(14(18)8-10)12(9-15)11-5-3-2-4-6-11/h10-12H,2-8H2,1H3. The Hall–Kier alpha value is -1.37. The Kier molecular flexibility index (Phi) is 4.00. The Labute approximate surface area is 108 Å². The van der Waals surface area contributed by atoms with Gasteiger partial charge in [-0.25, -0.2) is 0 Å². The molecule has 0 bridgehead atoms. The number of nitriles is 1. The van der Waals surface area contributed by atoms with Gasteiger partial charge in [0.05, 0.1) is 6.07 Å². The predicted molar refractivity (Wildman–Crippen MR) is 66.2 cm³/mol. The fourth-order valence-corrected chi connectivity index (χ4v) is 3.14. The first kappa shape index (κ1) is 13.1. The molecule has 0 spiro atoms. The second-order valence-corrected chi connectivity index (χ2v) is 5.64. The molecular formula is C14H20N2O2. The molecule has 0 aromatic carbocycles. The average molecular weight is 248 g/mol. The zero-order valence-electron chi connectivity index (χ0n) is 10.9. The van der Waals surface area contributed by atoms with Crippen LogP contribution in [0, 0.1) is 23.2 Å². The van der Waals surface area contributed by atoms with Gasteiger partial charge in [-0.3, -0.25) is 14.5 Å². The number of likely N-dealkylation sites (tertiary alicyclic amines) is 1. The highest BCUT2D eigenvalue weighted by Crippen LogP contribution is 2.31. The van der Waals surface area contributed by atoms with Gasteiger partial charge in [0.15, 0.2) is 0 Å². The molecule has 2 fully saturated rings. The van der Waals surface area contributed by atoms with Crippen molar-refractivity contribution >= 4 is 11.8 Å². The normalized spacial score (nSPS) is 25.0. The maximum Gasteiger partial charge on any atom is 0.230 e. The van der Waals surface area contributed by atoms with Gasteiger partial charge in [0.1, 0.15) is 6.04 Å². The molecule has 98 valence electrons. The van der Waals surface area contributed by atoms with Crippen LogP contribution in [0.3, 0.4) is 0 Å². The molecule has 4 nitrogen and oxygen atoms in total. The van der Waals surface area contributed by atoms with Gasteiger partial charge in [0.2, 0.25) is 11.8 Å². The van der Waals surface area contributed by atoms with E-state index in [-0.39, 0.29) is 23.7 Å². The predicted octanol–water partition coefficient (Wildman–Crippen LogP) is 2.24. The molecule has 1 aliphatic heterocycles. The molecule has 2 amide bonds. The second kappa shape index (κ2) is 5.51. The Bertz CT molecular complexity index is 362. The van der Waals surface area contributed by atoms with Crippen LogP contribution in [-0.2, 0) is 9.59 Å². The molecule has 18 heavy (non-hydrogen) atoms. The van der Waals surface area contributed by atoms with Crippen LogP contribution in [0.5, 0.6) is 0 Å². The zero-order valence-corrected chi connectivity index (χ0v) is 10.9. The maximum absolute atomic E-state index is 12.0. The summed E-state index contributed by atoms with van der Waals surface area (Å²) in [5.41, 5.74) is 0. The number of imide groups is 1. The van der Waals surface area contributed by atoms with E-state index in [1.54, 1.807) is 0 Å². The number of piperidine rings is 1. The lowest BCUT2D eigenvalue weighted by molar-refractivity contribution is -0.152. The van der Waals surface area contributed by atoms with E-state index in [1.165, 1.54) is 11.3 Å². The molecular weight excluding hydrogens is 228 g/mol. The van der Waals surface area contributed by atoms with E-state index < -0.39 is 6.04 Å².